The van der Waals surface area contributed by atoms with Crippen molar-refractivity contribution in [2.75, 3.05) is 17.3 Å². The SMILES string of the molecule is CC(CS(C)=O)Nc1nc2cc(C(F)(F)F)ccc2s1. The first-order valence-corrected chi connectivity index (χ1v) is 8.34. The van der Waals surface area contributed by atoms with Crippen molar-refractivity contribution in [2.45, 2.75) is 19.1 Å². The van der Waals surface area contributed by atoms with Gasteiger partial charge in [0.05, 0.1) is 15.8 Å². The van der Waals surface area contributed by atoms with Gasteiger partial charge in [0.15, 0.2) is 5.13 Å². The summed E-state index contributed by atoms with van der Waals surface area (Å²) in [7, 11) is -0.937. The van der Waals surface area contributed by atoms with Gasteiger partial charge in [0.25, 0.3) is 0 Å². The quantitative estimate of drug-likeness (QED) is 0.937. The Morgan fingerprint density at radius 1 is 1.45 bits per heavy atom. The molecule has 0 radical (unpaired) electrons. The van der Waals surface area contributed by atoms with Crippen molar-refractivity contribution in [1.82, 2.24) is 4.98 Å². The van der Waals surface area contributed by atoms with Gasteiger partial charge in [0, 0.05) is 28.9 Å². The Morgan fingerprint density at radius 2 is 2.15 bits per heavy atom. The molecule has 0 saturated heterocycles. The van der Waals surface area contributed by atoms with Crippen LogP contribution in [0.5, 0.6) is 0 Å². The fourth-order valence-corrected chi connectivity index (χ4v) is 3.52. The molecule has 20 heavy (non-hydrogen) atoms. The first-order valence-electron chi connectivity index (χ1n) is 5.80. The minimum absolute atomic E-state index is 0.0523. The van der Waals surface area contributed by atoms with Crippen LogP contribution in [-0.4, -0.2) is 27.2 Å². The van der Waals surface area contributed by atoms with E-state index in [4.69, 9.17) is 0 Å². The molecule has 0 aliphatic rings. The van der Waals surface area contributed by atoms with Gasteiger partial charge in [-0.1, -0.05) is 11.3 Å². The Kier molecular flexibility index (Phi) is 4.33. The highest BCUT2D eigenvalue weighted by Gasteiger charge is 2.30. The van der Waals surface area contributed by atoms with Crippen LogP contribution in [0.15, 0.2) is 18.2 Å². The summed E-state index contributed by atoms with van der Waals surface area (Å²) in [4.78, 5) is 4.14. The van der Waals surface area contributed by atoms with Gasteiger partial charge in [0.2, 0.25) is 0 Å². The fraction of sp³-hybridized carbons (Fsp3) is 0.417. The highest BCUT2D eigenvalue weighted by atomic mass is 32.2. The molecule has 1 heterocycles. The van der Waals surface area contributed by atoms with Crippen molar-refractivity contribution in [2.24, 2.45) is 0 Å². The summed E-state index contributed by atoms with van der Waals surface area (Å²) in [6, 6.07) is 3.46. The predicted octanol–water partition coefficient (Wildman–Crippen LogP) is 3.49. The van der Waals surface area contributed by atoms with Gasteiger partial charge in [-0.2, -0.15) is 13.2 Å². The van der Waals surface area contributed by atoms with E-state index >= 15 is 0 Å². The van der Waals surface area contributed by atoms with Gasteiger partial charge >= 0.3 is 6.18 Å². The van der Waals surface area contributed by atoms with E-state index in [1.54, 1.807) is 6.26 Å². The maximum atomic E-state index is 12.6. The van der Waals surface area contributed by atoms with E-state index in [0.717, 1.165) is 12.1 Å². The largest absolute Gasteiger partial charge is 0.416 e. The third-order valence-electron chi connectivity index (χ3n) is 2.57. The second kappa shape index (κ2) is 5.69. The zero-order valence-electron chi connectivity index (χ0n) is 10.8. The first kappa shape index (κ1) is 15.2. The molecule has 0 spiro atoms. The average molecular weight is 322 g/mol. The molecule has 0 bridgehead atoms. The van der Waals surface area contributed by atoms with Crippen LogP contribution < -0.4 is 5.32 Å². The first-order chi connectivity index (χ1) is 9.25. The van der Waals surface area contributed by atoms with Gasteiger partial charge in [0.1, 0.15) is 0 Å². The summed E-state index contributed by atoms with van der Waals surface area (Å²) in [5.74, 6) is 0.462. The van der Waals surface area contributed by atoms with Crippen molar-refractivity contribution in [1.29, 1.82) is 0 Å². The lowest BCUT2D eigenvalue weighted by Gasteiger charge is -2.10. The summed E-state index contributed by atoms with van der Waals surface area (Å²) in [6.07, 6.45) is -2.76. The zero-order chi connectivity index (χ0) is 14.9. The maximum Gasteiger partial charge on any atom is 0.416 e. The predicted molar refractivity (Wildman–Crippen MR) is 76.6 cm³/mol. The number of nitrogens with one attached hydrogen (secondary N) is 1. The Bertz CT molecular complexity index is 639. The second-order valence-corrected chi connectivity index (χ2v) is 6.99. The molecule has 8 heteroatoms. The van der Waals surface area contributed by atoms with Gasteiger partial charge in [-0.25, -0.2) is 4.98 Å². The highest BCUT2D eigenvalue weighted by Crippen LogP contribution is 2.34. The molecule has 2 rings (SSSR count). The Morgan fingerprint density at radius 3 is 2.75 bits per heavy atom. The summed E-state index contributed by atoms with van der Waals surface area (Å²) in [5.41, 5.74) is -0.387. The number of nitrogens with zero attached hydrogens (tertiary/aromatic N) is 1. The smallest absolute Gasteiger partial charge is 0.358 e. The van der Waals surface area contributed by atoms with Gasteiger partial charge in [-0.3, -0.25) is 4.21 Å². The molecule has 1 aromatic heterocycles. The molecule has 2 unspecified atom stereocenters. The minimum Gasteiger partial charge on any atom is -0.358 e. The van der Waals surface area contributed by atoms with Crippen LogP contribution in [-0.2, 0) is 17.0 Å². The van der Waals surface area contributed by atoms with Gasteiger partial charge in [-0.15, -0.1) is 0 Å². The van der Waals surface area contributed by atoms with E-state index in [9.17, 15) is 17.4 Å². The molecule has 0 fully saturated rings. The molecule has 2 atom stereocenters. The Hall–Kier alpha value is -1.15. The summed E-state index contributed by atoms with van der Waals surface area (Å²) in [5, 5.41) is 3.59. The third kappa shape index (κ3) is 3.69. The van der Waals surface area contributed by atoms with Crippen molar-refractivity contribution in [3.63, 3.8) is 0 Å². The normalized spacial score (nSPS) is 15.2. The van der Waals surface area contributed by atoms with Crippen LogP contribution in [0.1, 0.15) is 12.5 Å². The van der Waals surface area contributed by atoms with Crippen LogP contribution in [0.4, 0.5) is 18.3 Å². The molecule has 0 aliphatic heterocycles. The van der Waals surface area contributed by atoms with Crippen molar-refractivity contribution < 1.29 is 17.4 Å². The van der Waals surface area contributed by atoms with E-state index in [2.05, 4.69) is 10.3 Å². The monoisotopic (exact) mass is 322 g/mol. The molecule has 0 aliphatic carbocycles. The third-order valence-corrected chi connectivity index (χ3v) is 4.51. The number of aromatic nitrogens is 1. The number of anilines is 1. The van der Waals surface area contributed by atoms with Crippen LogP contribution in [0.25, 0.3) is 10.2 Å². The summed E-state index contributed by atoms with van der Waals surface area (Å²) >= 11 is 1.28. The standard InChI is InChI=1S/C12H13F3N2OS2/c1-7(6-20(2)18)16-11-17-9-5-8(12(13,14)15)3-4-10(9)19-11/h3-5,7H,6H2,1-2H3,(H,16,17). The lowest BCUT2D eigenvalue weighted by molar-refractivity contribution is -0.137. The summed E-state index contributed by atoms with van der Waals surface area (Å²) < 4.78 is 49.6. The van der Waals surface area contributed by atoms with E-state index in [1.807, 2.05) is 6.92 Å². The number of hydrogen-bond acceptors (Lipinski definition) is 4. The Balaban J connectivity index is 2.23. The van der Waals surface area contributed by atoms with Crippen LogP contribution in [0.3, 0.4) is 0 Å². The molecule has 0 saturated carbocycles. The van der Waals surface area contributed by atoms with E-state index in [1.165, 1.54) is 17.4 Å². The van der Waals surface area contributed by atoms with E-state index in [0.29, 0.717) is 21.1 Å². The van der Waals surface area contributed by atoms with Crippen LogP contribution >= 0.6 is 11.3 Å². The van der Waals surface area contributed by atoms with Crippen LogP contribution in [0.2, 0.25) is 0 Å². The van der Waals surface area contributed by atoms with E-state index in [-0.39, 0.29) is 6.04 Å². The highest BCUT2D eigenvalue weighted by molar-refractivity contribution is 7.84. The number of benzene rings is 1. The zero-order valence-corrected chi connectivity index (χ0v) is 12.5. The molecule has 0 amide bonds. The minimum atomic E-state index is -4.36. The van der Waals surface area contributed by atoms with E-state index < -0.39 is 22.5 Å². The Labute approximate surface area is 120 Å². The van der Waals surface area contributed by atoms with Crippen LogP contribution in [0, 0.1) is 0 Å². The van der Waals surface area contributed by atoms with Crippen molar-refractivity contribution in [3.05, 3.63) is 23.8 Å². The second-order valence-electron chi connectivity index (χ2n) is 4.48. The number of halogens is 3. The van der Waals surface area contributed by atoms with Gasteiger partial charge < -0.3 is 5.32 Å². The fourth-order valence-electron chi connectivity index (χ4n) is 1.77. The number of alkyl halides is 3. The van der Waals surface area contributed by atoms with Crippen molar-refractivity contribution >= 4 is 37.5 Å². The molecular weight excluding hydrogens is 309 g/mol. The number of thiazole rings is 1. The lowest BCUT2D eigenvalue weighted by Crippen LogP contribution is -2.21. The molecule has 1 N–H and O–H groups in total. The average Bonchev–Trinajstić information content (AvgIpc) is 2.66. The molecular formula is C12H13F3N2OS2. The number of hydrogen-bond donors (Lipinski definition) is 1. The molecule has 110 valence electrons. The number of fused-ring (bicyclic) bond motifs is 1. The number of rotatable bonds is 4. The lowest BCUT2D eigenvalue weighted by atomic mass is 10.2. The molecule has 1 aromatic carbocycles. The molecule has 3 nitrogen and oxygen atoms in total. The summed E-state index contributed by atoms with van der Waals surface area (Å²) in [6.45, 7) is 1.86. The maximum absolute atomic E-state index is 12.6. The van der Waals surface area contributed by atoms with Crippen molar-refractivity contribution in [3.8, 4) is 0 Å². The topological polar surface area (TPSA) is 42.0 Å². The molecule has 2 aromatic rings. The van der Waals surface area contributed by atoms with Gasteiger partial charge in [-0.05, 0) is 25.1 Å².